The van der Waals surface area contributed by atoms with Gasteiger partial charge in [-0.2, -0.15) is 0 Å². The second-order valence-electron chi connectivity index (χ2n) is 3.66. The van der Waals surface area contributed by atoms with Crippen molar-refractivity contribution in [3.8, 4) is 0 Å². The molecule has 0 saturated heterocycles. The first-order valence-corrected chi connectivity index (χ1v) is 6.76. The first-order valence-electron chi connectivity index (χ1n) is 5.40. The van der Waals surface area contributed by atoms with Gasteiger partial charge in [-0.25, -0.2) is 0 Å². The zero-order chi connectivity index (χ0) is 13.5. The van der Waals surface area contributed by atoms with Crippen molar-refractivity contribution in [1.29, 1.82) is 0 Å². The molecule has 0 unspecified atom stereocenters. The molecule has 1 rings (SSSR count). The highest BCUT2D eigenvalue weighted by atomic mass is 35.5. The SMILES string of the molecule is C[C@@H](NC(=O)CCSc1ccccc1Cl)C(=O)O. The summed E-state index contributed by atoms with van der Waals surface area (Å²) >= 11 is 7.44. The van der Waals surface area contributed by atoms with Gasteiger partial charge in [-0.15, -0.1) is 11.8 Å². The normalized spacial score (nSPS) is 11.9. The second kappa shape index (κ2) is 7.28. The van der Waals surface area contributed by atoms with E-state index in [0.717, 1.165) is 4.90 Å². The minimum absolute atomic E-state index is 0.257. The quantitative estimate of drug-likeness (QED) is 0.789. The Labute approximate surface area is 115 Å². The summed E-state index contributed by atoms with van der Waals surface area (Å²) in [6, 6.07) is 6.53. The standard InChI is InChI=1S/C12H14ClNO3S/c1-8(12(16)17)14-11(15)6-7-18-10-5-3-2-4-9(10)13/h2-5,8H,6-7H2,1H3,(H,14,15)(H,16,17)/t8-/m1/s1. The van der Waals surface area contributed by atoms with Gasteiger partial charge in [0.05, 0.1) is 5.02 Å². The highest BCUT2D eigenvalue weighted by Gasteiger charge is 2.13. The van der Waals surface area contributed by atoms with Crippen LogP contribution in [0.1, 0.15) is 13.3 Å². The van der Waals surface area contributed by atoms with Crippen molar-refractivity contribution < 1.29 is 14.7 Å². The monoisotopic (exact) mass is 287 g/mol. The average molecular weight is 288 g/mol. The van der Waals surface area contributed by atoms with Gasteiger partial charge in [0.2, 0.25) is 5.91 Å². The maximum absolute atomic E-state index is 11.4. The summed E-state index contributed by atoms with van der Waals surface area (Å²) in [5, 5.41) is 11.7. The highest BCUT2D eigenvalue weighted by Crippen LogP contribution is 2.26. The zero-order valence-electron chi connectivity index (χ0n) is 9.85. The lowest BCUT2D eigenvalue weighted by Crippen LogP contribution is -2.38. The van der Waals surface area contributed by atoms with E-state index in [-0.39, 0.29) is 12.3 Å². The molecule has 0 aliphatic rings. The molecule has 0 aliphatic carbocycles. The molecule has 0 heterocycles. The molecule has 0 saturated carbocycles. The van der Waals surface area contributed by atoms with Crippen LogP contribution in [0, 0.1) is 0 Å². The third kappa shape index (κ3) is 4.98. The first kappa shape index (κ1) is 14.9. The number of amides is 1. The van der Waals surface area contributed by atoms with Crippen molar-refractivity contribution in [2.24, 2.45) is 0 Å². The van der Waals surface area contributed by atoms with Crippen molar-refractivity contribution in [3.63, 3.8) is 0 Å². The van der Waals surface area contributed by atoms with E-state index in [1.165, 1.54) is 18.7 Å². The zero-order valence-corrected chi connectivity index (χ0v) is 11.4. The van der Waals surface area contributed by atoms with E-state index in [1.54, 1.807) is 6.07 Å². The summed E-state index contributed by atoms with van der Waals surface area (Å²) < 4.78 is 0. The molecule has 1 atom stereocenters. The van der Waals surface area contributed by atoms with Gasteiger partial charge in [-0.05, 0) is 19.1 Å². The fraction of sp³-hybridized carbons (Fsp3) is 0.333. The Morgan fingerprint density at radius 2 is 2.11 bits per heavy atom. The number of carboxylic acid groups (broad SMARTS) is 1. The fourth-order valence-corrected chi connectivity index (χ4v) is 2.38. The lowest BCUT2D eigenvalue weighted by molar-refractivity contribution is -0.141. The number of benzene rings is 1. The van der Waals surface area contributed by atoms with Crippen LogP contribution in [0.15, 0.2) is 29.2 Å². The van der Waals surface area contributed by atoms with Crippen molar-refractivity contribution in [3.05, 3.63) is 29.3 Å². The van der Waals surface area contributed by atoms with Crippen molar-refractivity contribution in [1.82, 2.24) is 5.32 Å². The first-order chi connectivity index (χ1) is 8.50. The molecule has 0 radical (unpaired) electrons. The van der Waals surface area contributed by atoms with E-state index in [9.17, 15) is 9.59 Å². The third-order valence-corrected chi connectivity index (χ3v) is 3.69. The summed E-state index contributed by atoms with van der Waals surface area (Å²) in [6.45, 7) is 1.43. The van der Waals surface area contributed by atoms with Gasteiger partial charge < -0.3 is 10.4 Å². The molecule has 2 N–H and O–H groups in total. The Morgan fingerprint density at radius 1 is 1.44 bits per heavy atom. The molecule has 0 spiro atoms. The minimum atomic E-state index is -1.04. The van der Waals surface area contributed by atoms with Gasteiger partial charge in [-0.1, -0.05) is 23.7 Å². The Morgan fingerprint density at radius 3 is 2.72 bits per heavy atom. The Kier molecular flexibility index (Phi) is 6.01. The maximum atomic E-state index is 11.4. The number of carbonyl (C=O) groups excluding carboxylic acids is 1. The molecule has 1 aromatic rings. The number of nitrogens with one attached hydrogen (secondary N) is 1. The average Bonchev–Trinajstić information content (AvgIpc) is 2.31. The van der Waals surface area contributed by atoms with E-state index in [0.29, 0.717) is 10.8 Å². The topological polar surface area (TPSA) is 66.4 Å². The number of halogens is 1. The Balaban J connectivity index is 2.32. The van der Waals surface area contributed by atoms with Gasteiger partial charge in [0.25, 0.3) is 0 Å². The van der Waals surface area contributed by atoms with Gasteiger partial charge in [0.15, 0.2) is 0 Å². The molecule has 1 aromatic carbocycles. The number of rotatable bonds is 6. The van der Waals surface area contributed by atoms with Crippen LogP contribution in [0.2, 0.25) is 5.02 Å². The van der Waals surface area contributed by atoms with Crippen molar-refractivity contribution >= 4 is 35.2 Å². The van der Waals surface area contributed by atoms with Crippen LogP contribution in [0.25, 0.3) is 0 Å². The number of aliphatic carboxylic acids is 1. The number of hydrogen-bond acceptors (Lipinski definition) is 3. The van der Waals surface area contributed by atoms with Crippen LogP contribution in [0.3, 0.4) is 0 Å². The van der Waals surface area contributed by atoms with Gasteiger partial charge in [0.1, 0.15) is 6.04 Å². The molecule has 98 valence electrons. The largest absolute Gasteiger partial charge is 0.480 e. The molecule has 0 aliphatic heterocycles. The van der Waals surface area contributed by atoms with E-state index < -0.39 is 12.0 Å². The third-order valence-electron chi connectivity index (χ3n) is 2.17. The predicted molar refractivity (Wildman–Crippen MR) is 72.0 cm³/mol. The van der Waals surface area contributed by atoms with Gasteiger partial charge in [-0.3, -0.25) is 9.59 Å². The summed E-state index contributed by atoms with van der Waals surface area (Å²) in [4.78, 5) is 22.9. The summed E-state index contributed by atoms with van der Waals surface area (Å²) in [5.74, 6) is -0.756. The van der Waals surface area contributed by atoms with E-state index in [1.807, 2.05) is 18.2 Å². The van der Waals surface area contributed by atoms with Gasteiger partial charge >= 0.3 is 5.97 Å². The molecule has 18 heavy (non-hydrogen) atoms. The highest BCUT2D eigenvalue weighted by molar-refractivity contribution is 7.99. The molecule has 0 fully saturated rings. The smallest absolute Gasteiger partial charge is 0.325 e. The molecule has 4 nitrogen and oxygen atoms in total. The molecule has 0 bridgehead atoms. The minimum Gasteiger partial charge on any atom is -0.480 e. The van der Waals surface area contributed by atoms with Crippen LogP contribution in [0.4, 0.5) is 0 Å². The van der Waals surface area contributed by atoms with Crippen LogP contribution >= 0.6 is 23.4 Å². The van der Waals surface area contributed by atoms with E-state index >= 15 is 0 Å². The molecule has 0 aromatic heterocycles. The van der Waals surface area contributed by atoms with Crippen LogP contribution in [-0.2, 0) is 9.59 Å². The molecule has 6 heteroatoms. The maximum Gasteiger partial charge on any atom is 0.325 e. The summed E-state index contributed by atoms with van der Waals surface area (Å²) in [5.41, 5.74) is 0. The van der Waals surface area contributed by atoms with Gasteiger partial charge in [0, 0.05) is 17.1 Å². The Bertz CT molecular complexity index is 439. The number of carboxylic acids is 1. The lowest BCUT2D eigenvalue weighted by atomic mass is 10.3. The van der Waals surface area contributed by atoms with E-state index in [2.05, 4.69) is 5.32 Å². The van der Waals surface area contributed by atoms with Crippen molar-refractivity contribution in [2.75, 3.05) is 5.75 Å². The molecular formula is C12H14ClNO3S. The summed E-state index contributed by atoms with van der Waals surface area (Å²) in [7, 11) is 0. The second-order valence-corrected chi connectivity index (χ2v) is 5.20. The predicted octanol–water partition coefficient (Wildman–Crippen LogP) is 2.41. The fourth-order valence-electron chi connectivity index (χ4n) is 1.19. The van der Waals surface area contributed by atoms with Crippen LogP contribution < -0.4 is 5.32 Å². The lowest BCUT2D eigenvalue weighted by Gasteiger charge is -2.09. The van der Waals surface area contributed by atoms with Crippen LogP contribution in [-0.4, -0.2) is 28.8 Å². The summed E-state index contributed by atoms with van der Waals surface area (Å²) in [6.07, 6.45) is 0.257. The number of thioether (sulfide) groups is 1. The van der Waals surface area contributed by atoms with Crippen molar-refractivity contribution in [2.45, 2.75) is 24.3 Å². The Hall–Kier alpha value is -1.20. The molecular weight excluding hydrogens is 274 g/mol. The van der Waals surface area contributed by atoms with E-state index in [4.69, 9.17) is 16.7 Å². The number of carbonyl (C=O) groups is 2. The molecule has 1 amide bonds. The van der Waals surface area contributed by atoms with Crippen LogP contribution in [0.5, 0.6) is 0 Å². The number of hydrogen-bond donors (Lipinski definition) is 2.